The highest BCUT2D eigenvalue weighted by atomic mass is 19.1. The highest BCUT2D eigenvalue weighted by Gasteiger charge is 2.32. The van der Waals surface area contributed by atoms with E-state index in [1.54, 1.807) is 24.1 Å². The quantitative estimate of drug-likeness (QED) is 0.732. The van der Waals surface area contributed by atoms with E-state index in [0.29, 0.717) is 19.5 Å². The normalized spacial score (nSPS) is 22.2. The van der Waals surface area contributed by atoms with Crippen molar-refractivity contribution in [3.8, 4) is 0 Å². The van der Waals surface area contributed by atoms with Crippen molar-refractivity contribution in [3.63, 3.8) is 0 Å². The maximum atomic E-state index is 13.4. The van der Waals surface area contributed by atoms with Crippen LogP contribution in [0.3, 0.4) is 0 Å². The molecule has 1 unspecified atom stereocenters. The number of carbonyl (C=O) groups excluding carboxylic acids is 1. The van der Waals surface area contributed by atoms with Gasteiger partial charge in [-0.1, -0.05) is 12.1 Å². The summed E-state index contributed by atoms with van der Waals surface area (Å²) in [4.78, 5) is 13.6. The smallest absolute Gasteiger partial charge is 0.238 e. The number of amides is 1. The summed E-state index contributed by atoms with van der Waals surface area (Å²) in [5, 5.41) is 15.8. The number of β-amino-alcohol motifs (C(OH)–C–C–N with tert-alkyl or cyclic N) is 1. The van der Waals surface area contributed by atoms with Crippen LogP contribution in [0.2, 0.25) is 0 Å². The van der Waals surface area contributed by atoms with Gasteiger partial charge < -0.3 is 15.7 Å². The molecule has 0 spiro atoms. The largest absolute Gasteiger partial charge is 0.387 e. The first-order valence-electron chi connectivity index (χ1n) is 6.65. The molecular weight excluding hydrogens is 261 g/mol. The molecule has 1 atom stereocenters. The minimum absolute atomic E-state index is 0.108. The van der Waals surface area contributed by atoms with Gasteiger partial charge in [-0.05, 0) is 32.1 Å². The Hall–Kier alpha value is -1.50. The predicted octanol–water partition coefficient (Wildman–Crippen LogP) is 0.420. The lowest BCUT2D eigenvalue weighted by Gasteiger charge is -2.27. The van der Waals surface area contributed by atoms with E-state index >= 15 is 0 Å². The summed E-state index contributed by atoms with van der Waals surface area (Å²) < 4.78 is 13.4. The molecule has 1 heterocycles. The lowest BCUT2D eigenvalue weighted by Crippen LogP contribution is -2.45. The Morgan fingerprint density at radius 2 is 2.30 bits per heavy atom. The second kappa shape index (κ2) is 6.30. The number of nitrogens with one attached hydrogen (secondary N) is 2. The maximum Gasteiger partial charge on any atom is 0.238 e. The Labute approximate surface area is 117 Å². The molecule has 0 radical (unpaired) electrons. The molecule has 1 saturated heterocycles. The van der Waals surface area contributed by atoms with E-state index in [4.69, 9.17) is 0 Å². The summed E-state index contributed by atoms with van der Waals surface area (Å²) in [7, 11) is 1.76. The van der Waals surface area contributed by atoms with Gasteiger partial charge >= 0.3 is 0 Å². The number of para-hydroxylation sites is 1. The van der Waals surface area contributed by atoms with Crippen molar-refractivity contribution in [2.24, 2.45) is 0 Å². The molecule has 2 rings (SSSR count). The molecule has 1 aliphatic heterocycles. The number of anilines is 1. The van der Waals surface area contributed by atoms with E-state index in [0.717, 1.165) is 6.54 Å². The van der Waals surface area contributed by atoms with Gasteiger partial charge in [-0.2, -0.15) is 0 Å². The lowest BCUT2D eigenvalue weighted by atomic mass is 10.0. The van der Waals surface area contributed by atoms with Gasteiger partial charge in [-0.15, -0.1) is 0 Å². The summed E-state index contributed by atoms with van der Waals surface area (Å²) in [6, 6.07) is 6.04. The van der Waals surface area contributed by atoms with Crippen LogP contribution in [-0.2, 0) is 4.79 Å². The van der Waals surface area contributed by atoms with Crippen LogP contribution in [0, 0.1) is 5.82 Å². The molecule has 1 fully saturated rings. The number of rotatable bonds is 5. The van der Waals surface area contributed by atoms with Crippen LogP contribution < -0.4 is 10.6 Å². The summed E-state index contributed by atoms with van der Waals surface area (Å²) in [6.07, 6.45) is 0.673. The second-order valence-corrected chi connectivity index (χ2v) is 5.35. The fraction of sp³-hybridized carbons (Fsp3) is 0.500. The van der Waals surface area contributed by atoms with Crippen molar-refractivity contribution < 1.29 is 14.3 Å². The maximum absolute atomic E-state index is 13.4. The van der Waals surface area contributed by atoms with Gasteiger partial charge in [0.15, 0.2) is 0 Å². The highest BCUT2D eigenvalue weighted by Crippen LogP contribution is 2.15. The first-order valence-corrected chi connectivity index (χ1v) is 6.65. The van der Waals surface area contributed by atoms with Gasteiger partial charge in [0.05, 0.1) is 17.8 Å². The molecule has 3 N–H and O–H groups in total. The Balaban J connectivity index is 1.83. The van der Waals surface area contributed by atoms with Crippen LogP contribution in [-0.4, -0.2) is 54.7 Å². The molecular formula is C14H20FN3O2. The molecule has 1 amide bonds. The third-order valence-electron chi connectivity index (χ3n) is 3.35. The Bertz CT molecular complexity index is 475. The molecule has 20 heavy (non-hydrogen) atoms. The summed E-state index contributed by atoms with van der Waals surface area (Å²) in [6.45, 7) is 1.83. The molecule has 0 saturated carbocycles. The molecule has 0 bridgehead atoms. The molecule has 1 aromatic carbocycles. The highest BCUT2D eigenvalue weighted by molar-refractivity contribution is 5.92. The second-order valence-electron chi connectivity index (χ2n) is 5.35. The molecule has 6 heteroatoms. The minimum Gasteiger partial charge on any atom is -0.387 e. The van der Waals surface area contributed by atoms with E-state index in [1.165, 1.54) is 12.1 Å². The molecule has 1 aliphatic rings. The number of halogens is 1. The van der Waals surface area contributed by atoms with Gasteiger partial charge in [0.2, 0.25) is 5.91 Å². The number of hydrogen-bond donors (Lipinski definition) is 3. The van der Waals surface area contributed by atoms with Crippen LogP contribution in [0.15, 0.2) is 24.3 Å². The van der Waals surface area contributed by atoms with Gasteiger partial charge in [-0.25, -0.2) is 4.39 Å². The van der Waals surface area contributed by atoms with Gasteiger partial charge in [-0.3, -0.25) is 9.69 Å². The zero-order valence-corrected chi connectivity index (χ0v) is 11.5. The van der Waals surface area contributed by atoms with Crippen molar-refractivity contribution >= 4 is 11.6 Å². The van der Waals surface area contributed by atoms with E-state index in [1.807, 2.05) is 0 Å². The third-order valence-corrected chi connectivity index (χ3v) is 3.35. The van der Waals surface area contributed by atoms with Gasteiger partial charge in [0.25, 0.3) is 0 Å². The molecule has 0 aromatic heterocycles. The monoisotopic (exact) mass is 281 g/mol. The average molecular weight is 281 g/mol. The lowest BCUT2D eigenvalue weighted by molar-refractivity contribution is -0.117. The number of likely N-dealkylation sites (N-methyl/N-ethyl adjacent to an activating group) is 1. The Morgan fingerprint density at radius 3 is 2.95 bits per heavy atom. The standard InChI is InChI=1S/C14H20FN3O2/c1-18(10-14(20)6-7-16-9-14)8-13(19)17-12-5-3-2-4-11(12)15/h2-5,16,20H,6-10H2,1H3,(H,17,19). The zero-order valence-electron chi connectivity index (χ0n) is 11.5. The fourth-order valence-corrected chi connectivity index (χ4v) is 2.42. The van der Waals surface area contributed by atoms with Crippen molar-refractivity contribution in [1.82, 2.24) is 10.2 Å². The van der Waals surface area contributed by atoms with E-state index in [9.17, 15) is 14.3 Å². The van der Waals surface area contributed by atoms with Crippen LogP contribution in [0.1, 0.15) is 6.42 Å². The number of hydrogen-bond acceptors (Lipinski definition) is 4. The third kappa shape index (κ3) is 4.00. The fourth-order valence-electron chi connectivity index (χ4n) is 2.42. The molecule has 1 aromatic rings. The number of nitrogens with zero attached hydrogens (tertiary/aromatic N) is 1. The van der Waals surface area contributed by atoms with Crippen molar-refractivity contribution in [1.29, 1.82) is 0 Å². The Morgan fingerprint density at radius 1 is 1.55 bits per heavy atom. The van der Waals surface area contributed by atoms with E-state index < -0.39 is 11.4 Å². The van der Waals surface area contributed by atoms with E-state index in [-0.39, 0.29) is 18.1 Å². The minimum atomic E-state index is -0.785. The van der Waals surface area contributed by atoms with Crippen LogP contribution in [0.25, 0.3) is 0 Å². The first kappa shape index (κ1) is 14.9. The van der Waals surface area contributed by atoms with E-state index in [2.05, 4.69) is 10.6 Å². The van der Waals surface area contributed by atoms with Crippen LogP contribution in [0.4, 0.5) is 10.1 Å². The van der Waals surface area contributed by atoms with Crippen LogP contribution >= 0.6 is 0 Å². The summed E-state index contributed by atoms with van der Waals surface area (Å²) >= 11 is 0. The van der Waals surface area contributed by atoms with Crippen molar-refractivity contribution in [2.45, 2.75) is 12.0 Å². The summed E-state index contributed by atoms with van der Waals surface area (Å²) in [5.74, 6) is -0.755. The zero-order chi connectivity index (χ0) is 14.6. The number of aliphatic hydroxyl groups is 1. The SMILES string of the molecule is CN(CC(=O)Nc1ccccc1F)CC1(O)CCNC1. The van der Waals surface area contributed by atoms with Crippen LogP contribution in [0.5, 0.6) is 0 Å². The first-order chi connectivity index (χ1) is 9.48. The van der Waals surface area contributed by atoms with Gasteiger partial charge in [0.1, 0.15) is 5.82 Å². The number of benzene rings is 1. The topological polar surface area (TPSA) is 64.6 Å². The van der Waals surface area contributed by atoms with Crippen molar-refractivity contribution in [2.75, 3.05) is 38.5 Å². The molecule has 0 aliphatic carbocycles. The Kier molecular flexibility index (Phi) is 4.69. The summed E-state index contributed by atoms with van der Waals surface area (Å²) in [5.41, 5.74) is -0.611. The average Bonchev–Trinajstić information content (AvgIpc) is 2.78. The van der Waals surface area contributed by atoms with Crippen molar-refractivity contribution in [3.05, 3.63) is 30.1 Å². The molecule has 110 valence electrons. The molecule has 5 nitrogen and oxygen atoms in total. The predicted molar refractivity (Wildman–Crippen MR) is 75.0 cm³/mol. The van der Waals surface area contributed by atoms with Gasteiger partial charge in [0, 0.05) is 13.1 Å². The number of carbonyl (C=O) groups is 1.